The van der Waals surface area contributed by atoms with Gasteiger partial charge in [0.2, 0.25) is 0 Å². The van der Waals surface area contributed by atoms with Crippen molar-refractivity contribution >= 4 is 0 Å². The maximum absolute atomic E-state index is 8.60. The Morgan fingerprint density at radius 1 is 1.25 bits per heavy atom. The van der Waals surface area contributed by atoms with E-state index in [2.05, 4.69) is 38.2 Å². The summed E-state index contributed by atoms with van der Waals surface area (Å²) >= 11 is 0. The molecule has 0 aliphatic carbocycles. The molecule has 1 aromatic carbocycles. The highest BCUT2D eigenvalue weighted by molar-refractivity contribution is 5.37. The average Bonchev–Trinajstić information content (AvgIpc) is 2.46. The van der Waals surface area contributed by atoms with Gasteiger partial charge in [-0.3, -0.25) is 0 Å². The average molecular weight is 281 g/mol. The van der Waals surface area contributed by atoms with E-state index in [4.69, 9.17) is 14.6 Å². The van der Waals surface area contributed by atoms with Crippen LogP contribution >= 0.6 is 0 Å². The number of aliphatic hydroxyl groups is 1. The summed E-state index contributed by atoms with van der Waals surface area (Å²) in [5.74, 6) is 0.893. The third kappa shape index (κ3) is 5.90. The Hall–Kier alpha value is -1.10. The highest BCUT2D eigenvalue weighted by Crippen LogP contribution is 2.22. The van der Waals surface area contributed by atoms with Crippen LogP contribution in [0.3, 0.4) is 0 Å². The van der Waals surface area contributed by atoms with Crippen LogP contribution in [0.15, 0.2) is 18.2 Å². The van der Waals surface area contributed by atoms with Crippen LogP contribution in [0.1, 0.15) is 37.4 Å². The summed E-state index contributed by atoms with van der Waals surface area (Å²) in [5.41, 5.74) is 2.41. The van der Waals surface area contributed by atoms with Gasteiger partial charge in [-0.2, -0.15) is 0 Å². The number of aliphatic hydroxyl groups excluding tert-OH is 1. The van der Waals surface area contributed by atoms with Crippen molar-refractivity contribution in [3.8, 4) is 5.75 Å². The van der Waals surface area contributed by atoms with Crippen molar-refractivity contribution in [2.75, 3.05) is 33.0 Å². The Kier molecular flexibility index (Phi) is 8.26. The van der Waals surface area contributed by atoms with E-state index in [-0.39, 0.29) is 6.61 Å². The molecule has 4 heteroatoms. The monoisotopic (exact) mass is 281 g/mol. The minimum absolute atomic E-state index is 0.0520. The van der Waals surface area contributed by atoms with E-state index in [1.54, 1.807) is 0 Å². The van der Waals surface area contributed by atoms with Crippen molar-refractivity contribution in [1.29, 1.82) is 0 Å². The Bertz CT molecular complexity index is 382. The number of hydrogen-bond acceptors (Lipinski definition) is 4. The molecule has 4 nitrogen and oxygen atoms in total. The Balaban J connectivity index is 2.46. The van der Waals surface area contributed by atoms with Crippen molar-refractivity contribution in [1.82, 2.24) is 5.32 Å². The molecule has 1 rings (SSSR count). The third-order valence-electron chi connectivity index (χ3n) is 3.12. The van der Waals surface area contributed by atoms with Gasteiger partial charge in [0.05, 0.1) is 19.8 Å². The molecule has 0 aliphatic rings. The van der Waals surface area contributed by atoms with Gasteiger partial charge in [-0.15, -0.1) is 0 Å². The van der Waals surface area contributed by atoms with Crippen LogP contribution in [0.2, 0.25) is 0 Å². The maximum atomic E-state index is 8.60. The molecular weight excluding hydrogens is 254 g/mol. The van der Waals surface area contributed by atoms with Crippen molar-refractivity contribution in [2.24, 2.45) is 0 Å². The summed E-state index contributed by atoms with van der Waals surface area (Å²) in [6.07, 6.45) is 1.14. The Morgan fingerprint density at radius 2 is 2.05 bits per heavy atom. The number of ether oxygens (including phenoxy) is 2. The molecule has 0 aromatic heterocycles. The lowest BCUT2D eigenvalue weighted by molar-refractivity contribution is 0.0703. The molecule has 0 amide bonds. The van der Waals surface area contributed by atoms with Crippen molar-refractivity contribution in [2.45, 2.75) is 33.2 Å². The van der Waals surface area contributed by atoms with Gasteiger partial charge in [-0.1, -0.05) is 19.1 Å². The third-order valence-corrected chi connectivity index (χ3v) is 3.12. The summed E-state index contributed by atoms with van der Waals surface area (Å²) in [4.78, 5) is 0. The van der Waals surface area contributed by atoms with Gasteiger partial charge >= 0.3 is 0 Å². The first-order chi connectivity index (χ1) is 9.69. The number of aryl methyl sites for hydroxylation is 1. The fourth-order valence-corrected chi connectivity index (χ4v) is 1.96. The molecule has 20 heavy (non-hydrogen) atoms. The predicted molar refractivity (Wildman–Crippen MR) is 81.3 cm³/mol. The molecule has 0 bridgehead atoms. The second-order valence-electron chi connectivity index (χ2n) is 4.89. The van der Waals surface area contributed by atoms with Gasteiger partial charge in [0.15, 0.2) is 0 Å². The minimum Gasteiger partial charge on any atom is -0.491 e. The standard InChI is InChI=1S/C16H27NO3/c1-4-7-17-14(3)15-5-6-16(13(2)12-15)20-11-10-19-9-8-18/h5-6,12,14,17-18H,4,7-11H2,1-3H3. The topological polar surface area (TPSA) is 50.7 Å². The second kappa shape index (κ2) is 9.75. The second-order valence-corrected chi connectivity index (χ2v) is 4.89. The molecule has 1 atom stereocenters. The number of hydrogen-bond donors (Lipinski definition) is 2. The fourth-order valence-electron chi connectivity index (χ4n) is 1.96. The molecule has 0 spiro atoms. The lowest BCUT2D eigenvalue weighted by atomic mass is 10.0. The maximum Gasteiger partial charge on any atom is 0.122 e. The summed E-state index contributed by atoms with van der Waals surface area (Å²) in [5, 5.41) is 12.1. The smallest absolute Gasteiger partial charge is 0.122 e. The predicted octanol–water partition coefficient (Wildman–Crippen LogP) is 2.44. The molecular formula is C16H27NO3. The van der Waals surface area contributed by atoms with Crippen LogP contribution < -0.4 is 10.1 Å². The molecule has 0 saturated heterocycles. The van der Waals surface area contributed by atoms with Crippen LogP contribution in [0.5, 0.6) is 5.75 Å². The summed E-state index contributed by atoms with van der Waals surface area (Å²) in [7, 11) is 0. The van der Waals surface area contributed by atoms with E-state index in [1.165, 1.54) is 5.56 Å². The largest absolute Gasteiger partial charge is 0.491 e. The first kappa shape index (κ1) is 17.0. The van der Waals surface area contributed by atoms with Crippen molar-refractivity contribution in [3.05, 3.63) is 29.3 Å². The van der Waals surface area contributed by atoms with Crippen LogP contribution in [-0.2, 0) is 4.74 Å². The first-order valence-corrected chi connectivity index (χ1v) is 7.34. The van der Waals surface area contributed by atoms with Gasteiger partial charge in [0, 0.05) is 6.04 Å². The zero-order valence-corrected chi connectivity index (χ0v) is 12.8. The van der Waals surface area contributed by atoms with Gasteiger partial charge in [0.25, 0.3) is 0 Å². The van der Waals surface area contributed by atoms with Crippen LogP contribution in [-0.4, -0.2) is 38.1 Å². The Morgan fingerprint density at radius 3 is 2.70 bits per heavy atom. The number of benzene rings is 1. The molecule has 114 valence electrons. The van der Waals surface area contributed by atoms with Gasteiger partial charge < -0.3 is 19.9 Å². The summed E-state index contributed by atoms with van der Waals surface area (Å²) in [6.45, 7) is 8.84. The van der Waals surface area contributed by atoms with E-state index in [1.807, 2.05) is 6.07 Å². The lowest BCUT2D eigenvalue weighted by Gasteiger charge is -2.16. The van der Waals surface area contributed by atoms with E-state index < -0.39 is 0 Å². The molecule has 2 N–H and O–H groups in total. The lowest BCUT2D eigenvalue weighted by Crippen LogP contribution is -2.19. The normalized spacial score (nSPS) is 12.4. The number of nitrogens with one attached hydrogen (secondary N) is 1. The highest BCUT2D eigenvalue weighted by Gasteiger charge is 2.07. The van der Waals surface area contributed by atoms with Crippen molar-refractivity contribution < 1.29 is 14.6 Å². The van der Waals surface area contributed by atoms with Gasteiger partial charge in [0.1, 0.15) is 12.4 Å². The fraction of sp³-hybridized carbons (Fsp3) is 0.625. The van der Waals surface area contributed by atoms with E-state index in [0.717, 1.165) is 24.3 Å². The molecule has 1 unspecified atom stereocenters. The molecule has 0 fully saturated rings. The van der Waals surface area contributed by atoms with Crippen LogP contribution in [0, 0.1) is 6.92 Å². The summed E-state index contributed by atoms with van der Waals surface area (Å²) < 4.78 is 10.8. The van der Waals surface area contributed by atoms with Crippen molar-refractivity contribution in [3.63, 3.8) is 0 Å². The van der Waals surface area contributed by atoms with Gasteiger partial charge in [-0.25, -0.2) is 0 Å². The van der Waals surface area contributed by atoms with Crippen LogP contribution in [0.25, 0.3) is 0 Å². The van der Waals surface area contributed by atoms with Gasteiger partial charge in [-0.05, 0) is 44.0 Å². The first-order valence-electron chi connectivity index (χ1n) is 7.34. The minimum atomic E-state index is 0.0520. The molecule has 0 aliphatic heterocycles. The van der Waals surface area contributed by atoms with Crippen LogP contribution in [0.4, 0.5) is 0 Å². The van der Waals surface area contributed by atoms with E-state index in [0.29, 0.717) is 25.9 Å². The zero-order chi connectivity index (χ0) is 14.8. The molecule has 0 radical (unpaired) electrons. The zero-order valence-electron chi connectivity index (χ0n) is 12.8. The summed E-state index contributed by atoms with van der Waals surface area (Å²) in [6, 6.07) is 6.64. The SMILES string of the molecule is CCCNC(C)c1ccc(OCCOCCO)c(C)c1. The number of rotatable bonds is 10. The quantitative estimate of drug-likeness (QED) is 0.647. The molecule has 0 heterocycles. The Labute approximate surface area is 122 Å². The van der Waals surface area contributed by atoms with E-state index >= 15 is 0 Å². The highest BCUT2D eigenvalue weighted by atomic mass is 16.5. The molecule has 0 saturated carbocycles. The molecule has 1 aromatic rings. The van der Waals surface area contributed by atoms with E-state index in [9.17, 15) is 0 Å².